The van der Waals surface area contributed by atoms with Crippen molar-refractivity contribution in [2.45, 2.75) is 13.3 Å². The van der Waals surface area contributed by atoms with Crippen LogP contribution in [-0.4, -0.2) is 28.4 Å². The molecular weight excluding hydrogens is 308 g/mol. The van der Waals surface area contributed by atoms with Crippen molar-refractivity contribution < 1.29 is 9.84 Å². The Labute approximate surface area is 121 Å². The Kier molecular flexibility index (Phi) is 4.27. The lowest BCUT2D eigenvalue weighted by Gasteiger charge is -2.07. The van der Waals surface area contributed by atoms with Crippen LogP contribution in [0.25, 0.3) is 11.4 Å². The maximum absolute atomic E-state index is 9.04. The highest BCUT2D eigenvalue weighted by Crippen LogP contribution is 2.28. The van der Waals surface area contributed by atoms with Crippen molar-refractivity contribution in [1.29, 1.82) is 0 Å². The van der Waals surface area contributed by atoms with Crippen LogP contribution in [0.1, 0.15) is 11.3 Å². The normalized spacial score (nSPS) is 10.8. The lowest BCUT2D eigenvalue weighted by atomic mass is 10.1. The Morgan fingerprint density at radius 3 is 2.74 bits per heavy atom. The van der Waals surface area contributed by atoms with Crippen molar-refractivity contribution in [3.63, 3.8) is 0 Å². The van der Waals surface area contributed by atoms with Crippen LogP contribution in [-0.2, 0) is 13.5 Å². The molecule has 4 nitrogen and oxygen atoms in total. The van der Waals surface area contributed by atoms with E-state index in [1.165, 1.54) is 0 Å². The molecule has 19 heavy (non-hydrogen) atoms. The SMILES string of the molecule is COc1ccc(-c2nc(CCO)c(Br)n2C)cc1C. The second-order valence-electron chi connectivity index (χ2n) is 4.39. The molecule has 1 heterocycles. The van der Waals surface area contributed by atoms with E-state index >= 15 is 0 Å². The zero-order chi connectivity index (χ0) is 14.0. The molecule has 0 unspecified atom stereocenters. The number of ether oxygens (including phenoxy) is 1. The molecule has 0 spiro atoms. The molecule has 0 fully saturated rings. The Balaban J connectivity index is 2.47. The lowest BCUT2D eigenvalue weighted by Crippen LogP contribution is -1.94. The Hall–Kier alpha value is -1.33. The fourth-order valence-corrected chi connectivity index (χ4v) is 2.53. The molecule has 1 aromatic heterocycles. The average Bonchev–Trinajstić information content (AvgIpc) is 2.67. The fraction of sp³-hybridized carbons (Fsp3) is 0.357. The van der Waals surface area contributed by atoms with Crippen molar-refractivity contribution in [3.05, 3.63) is 34.1 Å². The maximum atomic E-state index is 9.04. The molecule has 5 heteroatoms. The van der Waals surface area contributed by atoms with Gasteiger partial charge in [0.15, 0.2) is 0 Å². The molecule has 0 aliphatic carbocycles. The predicted molar refractivity (Wildman–Crippen MR) is 78.4 cm³/mol. The highest BCUT2D eigenvalue weighted by atomic mass is 79.9. The number of halogens is 1. The number of hydrogen-bond acceptors (Lipinski definition) is 3. The summed E-state index contributed by atoms with van der Waals surface area (Å²) in [4.78, 5) is 4.58. The Morgan fingerprint density at radius 1 is 1.42 bits per heavy atom. The van der Waals surface area contributed by atoms with Gasteiger partial charge in [0.1, 0.15) is 16.2 Å². The standard InChI is InChI=1S/C14H17BrN2O2/c1-9-8-10(4-5-12(9)19-3)14-16-11(6-7-18)13(15)17(14)2/h4-5,8,18H,6-7H2,1-3H3. The van der Waals surface area contributed by atoms with Crippen LogP contribution < -0.4 is 4.74 Å². The van der Waals surface area contributed by atoms with E-state index in [1.807, 2.05) is 30.7 Å². The molecule has 0 amide bonds. The van der Waals surface area contributed by atoms with E-state index in [1.54, 1.807) is 7.11 Å². The third-order valence-electron chi connectivity index (χ3n) is 3.09. The van der Waals surface area contributed by atoms with Crippen molar-refractivity contribution in [2.24, 2.45) is 7.05 Å². The summed E-state index contributed by atoms with van der Waals surface area (Å²) in [6.45, 7) is 2.10. The summed E-state index contributed by atoms with van der Waals surface area (Å²) in [5.74, 6) is 1.74. The summed E-state index contributed by atoms with van der Waals surface area (Å²) in [7, 11) is 3.62. The topological polar surface area (TPSA) is 47.3 Å². The first-order chi connectivity index (χ1) is 9.08. The molecular formula is C14H17BrN2O2. The molecule has 1 N–H and O–H groups in total. The third kappa shape index (κ3) is 2.67. The third-order valence-corrected chi connectivity index (χ3v) is 4.08. The van der Waals surface area contributed by atoms with Gasteiger partial charge in [-0.1, -0.05) is 0 Å². The van der Waals surface area contributed by atoms with Crippen molar-refractivity contribution >= 4 is 15.9 Å². The van der Waals surface area contributed by atoms with Gasteiger partial charge in [0, 0.05) is 25.6 Å². The van der Waals surface area contributed by atoms with Gasteiger partial charge in [0.2, 0.25) is 0 Å². The van der Waals surface area contributed by atoms with Gasteiger partial charge in [-0.3, -0.25) is 0 Å². The van der Waals surface area contributed by atoms with Crippen LogP contribution in [0.4, 0.5) is 0 Å². The van der Waals surface area contributed by atoms with Crippen LogP contribution in [0, 0.1) is 6.92 Å². The molecule has 2 aromatic rings. The maximum Gasteiger partial charge on any atom is 0.140 e. The molecule has 0 bridgehead atoms. The number of aromatic nitrogens is 2. The fourth-order valence-electron chi connectivity index (χ4n) is 2.08. The van der Waals surface area contributed by atoms with E-state index in [9.17, 15) is 0 Å². The quantitative estimate of drug-likeness (QED) is 0.940. The summed E-state index contributed by atoms with van der Waals surface area (Å²) < 4.78 is 8.15. The number of methoxy groups -OCH3 is 1. The molecule has 0 saturated heterocycles. The minimum absolute atomic E-state index is 0.0939. The zero-order valence-electron chi connectivity index (χ0n) is 11.3. The monoisotopic (exact) mass is 324 g/mol. The van der Waals surface area contributed by atoms with Crippen LogP contribution in [0.5, 0.6) is 5.75 Å². The van der Waals surface area contributed by atoms with Crippen molar-refractivity contribution in [3.8, 4) is 17.1 Å². The van der Waals surface area contributed by atoms with Crippen LogP contribution in [0.2, 0.25) is 0 Å². The second kappa shape index (κ2) is 5.75. The lowest BCUT2D eigenvalue weighted by molar-refractivity contribution is 0.298. The van der Waals surface area contributed by atoms with Crippen LogP contribution >= 0.6 is 15.9 Å². The smallest absolute Gasteiger partial charge is 0.140 e. The molecule has 0 saturated carbocycles. The molecule has 2 rings (SSSR count). The van der Waals surface area contributed by atoms with Gasteiger partial charge in [0.05, 0.1) is 12.8 Å². The first-order valence-electron chi connectivity index (χ1n) is 6.05. The van der Waals surface area contributed by atoms with Gasteiger partial charge in [0.25, 0.3) is 0 Å². The van der Waals surface area contributed by atoms with E-state index in [0.717, 1.165) is 33.0 Å². The first-order valence-corrected chi connectivity index (χ1v) is 6.84. The van der Waals surface area contributed by atoms with E-state index in [0.29, 0.717) is 6.42 Å². The number of imidazole rings is 1. The van der Waals surface area contributed by atoms with E-state index in [-0.39, 0.29) is 6.61 Å². The van der Waals surface area contributed by atoms with Gasteiger partial charge in [-0.15, -0.1) is 0 Å². The Morgan fingerprint density at radius 2 is 2.16 bits per heavy atom. The number of benzene rings is 1. The van der Waals surface area contributed by atoms with Gasteiger partial charge in [-0.05, 0) is 46.6 Å². The molecule has 0 aliphatic rings. The number of rotatable bonds is 4. The van der Waals surface area contributed by atoms with Crippen molar-refractivity contribution in [2.75, 3.05) is 13.7 Å². The molecule has 1 aromatic carbocycles. The Bertz CT molecular complexity index is 593. The number of aliphatic hydroxyl groups excluding tert-OH is 1. The highest BCUT2D eigenvalue weighted by Gasteiger charge is 2.14. The second-order valence-corrected chi connectivity index (χ2v) is 5.14. The first kappa shape index (κ1) is 14.1. The molecule has 0 radical (unpaired) electrons. The summed E-state index contributed by atoms with van der Waals surface area (Å²) in [6.07, 6.45) is 0.545. The largest absolute Gasteiger partial charge is 0.496 e. The average molecular weight is 325 g/mol. The highest BCUT2D eigenvalue weighted by molar-refractivity contribution is 9.10. The molecule has 0 aliphatic heterocycles. The summed E-state index contributed by atoms with van der Waals surface area (Å²) >= 11 is 3.51. The van der Waals surface area contributed by atoms with Gasteiger partial charge in [-0.2, -0.15) is 0 Å². The molecule has 0 atom stereocenters. The number of hydrogen-bond donors (Lipinski definition) is 1. The van der Waals surface area contributed by atoms with E-state index in [2.05, 4.69) is 27.0 Å². The predicted octanol–water partition coefficient (Wildman–Crippen LogP) is 2.70. The van der Waals surface area contributed by atoms with Crippen LogP contribution in [0.15, 0.2) is 22.8 Å². The van der Waals surface area contributed by atoms with E-state index < -0.39 is 0 Å². The van der Waals surface area contributed by atoms with Crippen LogP contribution in [0.3, 0.4) is 0 Å². The van der Waals surface area contributed by atoms with Gasteiger partial charge < -0.3 is 14.4 Å². The van der Waals surface area contributed by atoms with E-state index in [4.69, 9.17) is 9.84 Å². The minimum Gasteiger partial charge on any atom is -0.496 e. The number of aliphatic hydroxyl groups is 1. The summed E-state index contributed by atoms with van der Waals surface area (Å²) in [6, 6.07) is 5.98. The summed E-state index contributed by atoms with van der Waals surface area (Å²) in [5, 5.41) is 9.04. The van der Waals surface area contributed by atoms with Gasteiger partial charge >= 0.3 is 0 Å². The summed E-state index contributed by atoms with van der Waals surface area (Å²) in [5.41, 5.74) is 2.97. The molecule has 102 valence electrons. The number of nitrogens with zero attached hydrogens (tertiary/aromatic N) is 2. The minimum atomic E-state index is 0.0939. The van der Waals surface area contributed by atoms with Crippen molar-refractivity contribution in [1.82, 2.24) is 9.55 Å². The zero-order valence-corrected chi connectivity index (χ0v) is 12.9. The number of aryl methyl sites for hydroxylation is 1. The van der Waals surface area contributed by atoms with Gasteiger partial charge in [-0.25, -0.2) is 4.98 Å².